The number of aromatic nitrogens is 1. The van der Waals surface area contributed by atoms with E-state index < -0.39 is 5.97 Å². The van der Waals surface area contributed by atoms with E-state index in [1.165, 1.54) is 0 Å². The van der Waals surface area contributed by atoms with E-state index in [1.807, 2.05) is 18.7 Å². The largest absolute Gasteiger partial charge is 0.461 e. The van der Waals surface area contributed by atoms with Crippen LogP contribution in [-0.4, -0.2) is 67.0 Å². The number of nitrogens with one attached hydrogen (secondary N) is 2. The molecule has 2 aromatic rings. The predicted octanol–water partition coefficient (Wildman–Crippen LogP) is 2.12. The fourth-order valence-electron chi connectivity index (χ4n) is 3.87. The summed E-state index contributed by atoms with van der Waals surface area (Å²) in [6, 6.07) is 3.51. The van der Waals surface area contributed by atoms with E-state index in [2.05, 4.69) is 10.3 Å². The Morgan fingerprint density at radius 3 is 2.59 bits per heavy atom. The second kappa shape index (κ2) is 7.92. The van der Waals surface area contributed by atoms with Crippen LogP contribution in [0.5, 0.6) is 11.5 Å². The Morgan fingerprint density at radius 2 is 1.90 bits per heavy atom. The molecule has 1 saturated heterocycles. The van der Waals surface area contributed by atoms with Crippen LogP contribution in [0, 0.1) is 0 Å². The molecule has 0 bridgehead atoms. The first-order chi connectivity index (χ1) is 13.9. The van der Waals surface area contributed by atoms with E-state index in [1.54, 1.807) is 19.1 Å². The lowest BCUT2D eigenvalue weighted by Gasteiger charge is -2.34. The van der Waals surface area contributed by atoms with Gasteiger partial charge in [0.2, 0.25) is 12.7 Å². The Kier molecular flexibility index (Phi) is 5.33. The maximum absolute atomic E-state index is 12.8. The van der Waals surface area contributed by atoms with E-state index in [9.17, 15) is 9.59 Å². The van der Waals surface area contributed by atoms with Crippen molar-refractivity contribution < 1.29 is 28.5 Å². The first-order valence-corrected chi connectivity index (χ1v) is 9.74. The van der Waals surface area contributed by atoms with Crippen LogP contribution in [0.25, 0.3) is 10.9 Å². The van der Waals surface area contributed by atoms with E-state index in [0.717, 1.165) is 0 Å². The molecule has 0 radical (unpaired) electrons. The normalized spacial score (nSPS) is 21.3. The zero-order valence-electron chi connectivity index (χ0n) is 16.7. The number of morpholine rings is 1. The first-order valence-electron chi connectivity index (χ1n) is 9.74. The van der Waals surface area contributed by atoms with Crippen molar-refractivity contribution in [2.24, 2.45) is 0 Å². The van der Waals surface area contributed by atoms with Crippen molar-refractivity contribution in [1.29, 1.82) is 0 Å². The number of amides is 1. The molecule has 156 valence electrons. The molecule has 4 rings (SSSR count). The second-order valence-corrected chi connectivity index (χ2v) is 7.35. The molecule has 29 heavy (non-hydrogen) atoms. The number of H-pyrrole nitrogens is 1. The third-order valence-electron chi connectivity index (χ3n) is 4.90. The number of rotatable bonds is 5. The van der Waals surface area contributed by atoms with Crippen LogP contribution in [0.2, 0.25) is 0 Å². The number of esters is 1. The second-order valence-electron chi connectivity index (χ2n) is 7.35. The van der Waals surface area contributed by atoms with Crippen LogP contribution in [0.15, 0.2) is 12.1 Å². The molecule has 2 aliphatic heterocycles. The van der Waals surface area contributed by atoms with Gasteiger partial charge < -0.3 is 29.2 Å². The van der Waals surface area contributed by atoms with Gasteiger partial charge in [0.05, 0.1) is 36.6 Å². The Balaban J connectivity index is 1.61. The molecular formula is C20H25N3O6. The summed E-state index contributed by atoms with van der Waals surface area (Å²) in [5.74, 6) is 0.409. The zero-order chi connectivity index (χ0) is 20.5. The van der Waals surface area contributed by atoms with Gasteiger partial charge in [0.25, 0.3) is 0 Å². The molecular weight excluding hydrogens is 378 g/mol. The molecule has 0 spiro atoms. The van der Waals surface area contributed by atoms with Gasteiger partial charge in [-0.15, -0.1) is 0 Å². The minimum atomic E-state index is -0.533. The number of nitrogens with zero attached hydrogens (tertiary/aromatic N) is 1. The Hall–Kier alpha value is -2.78. The summed E-state index contributed by atoms with van der Waals surface area (Å²) in [4.78, 5) is 30.3. The topological polar surface area (TPSA) is 102 Å². The highest BCUT2D eigenvalue weighted by Crippen LogP contribution is 2.40. The average molecular weight is 403 g/mol. The number of anilines is 1. The zero-order valence-corrected chi connectivity index (χ0v) is 16.7. The lowest BCUT2D eigenvalue weighted by Crippen LogP contribution is -2.48. The third kappa shape index (κ3) is 4.01. The van der Waals surface area contributed by atoms with Gasteiger partial charge >= 0.3 is 5.97 Å². The molecule has 1 aromatic heterocycles. The Morgan fingerprint density at radius 1 is 1.21 bits per heavy atom. The molecule has 2 aliphatic rings. The Labute approximate surface area is 168 Å². The molecule has 3 heterocycles. The molecule has 2 atom stereocenters. The maximum atomic E-state index is 12.8. The molecule has 1 amide bonds. The molecule has 1 fully saturated rings. The van der Waals surface area contributed by atoms with Crippen molar-refractivity contribution in [3.63, 3.8) is 0 Å². The number of carbonyl (C=O) groups is 2. The van der Waals surface area contributed by atoms with Gasteiger partial charge in [0, 0.05) is 24.5 Å². The molecule has 2 N–H and O–H groups in total. The van der Waals surface area contributed by atoms with Gasteiger partial charge in [-0.05, 0) is 26.8 Å². The van der Waals surface area contributed by atoms with E-state index in [4.69, 9.17) is 18.9 Å². The number of ether oxygens (including phenoxy) is 4. The molecule has 9 heteroatoms. The van der Waals surface area contributed by atoms with Gasteiger partial charge in [0.15, 0.2) is 11.5 Å². The molecule has 0 unspecified atom stereocenters. The van der Waals surface area contributed by atoms with Crippen molar-refractivity contribution >= 4 is 28.5 Å². The van der Waals surface area contributed by atoms with Crippen LogP contribution in [-0.2, 0) is 14.3 Å². The van der Waals surface area contributed by atoms with Crippen LogP contribution < -0.4 is 14.8 Å². The average Bonchev–Trinajstić information content (AvgIpc) is 3.23. The maximum Gasteiger partial charge on any atom is 0.356 e. The van der Waals surface area contributed by atoms with Crippen LogP contribution >= 0.6 is 0 Å². The monoisotopic (exact) mass is 403 g/mol. The number of hydrogen-bond acceptors (Lipinski definition) is 7. The number of aromatic amines is 1. The summed E-state index contributed by atoms with van der Waals surface area (Å²) in [6.07, 6.45) is 0.129. The number of benzene rings is 1. The fourth-order valence-corrected chi connectivity index (χ4v) is 3.87. The lowest BCUT2D eigenvalue weighted by atomic mass is 10.2. The number of fused-ring (bicyclic) bond motifs is 2. The van der Waals surface area contributed by atoms with Crippen LogP contribution in [0.4, 0.5) is 5.69 Å². The molecule has 1 aromatic carbocycles. The number of hydrogen-bond donors (Lipinski definition) is 2. The third-order valence-corrected chi connectivity index (χ3v) is 4.90. The van der Waals surface area contributed by atoms with Gasteiger partial charge in [-0.25, -0.2) is 4.79 Å². The summed E-state index contributed by atoms with van der Waals surface area (Å²) < 4.78 is 21.7. The predicted molar refractivity (Wildman–Crippen MR) is 105 cm³/mol. The minimum absolute atomic E-state index is 0.0643. The van der Waals surface area contributed by atoms with Gasteiger partial charge in [-0.3, -0.25) is 9.69 Å². The lowest BCUT2D eigenvalue weighted by molar-refractivity contribution is -0.121. The van der Waals surface area contributed by atoms with E-state index in [0.29, 0.717) is 41.2 Å². The highest BCUT2D eigenvalue weighted by molar-refractivity contribution is 6.11. The van der Waals surface area contributed by atoms with Crippen molar-refractivity contribution in [2.75, 3.05) is 38.4 Å². The van der Waals surface area contributed by atoms with Crippen LogP contribution in [0.1, 0.15) is 31.3 Å². The van der Waals surface area contributed by atoms with Crippen molar-refractivity contribution in [3.8, 4) is 11.5 Å². The van der Waals surface area contributed by atoms with Crippen molar-refractivity contribution in [3.05, 3.63) is 17.8 Å². The van der Waals surface area contributed by atoms with Gasteiger partial charge in [0.1, 0.15) is 5.69 Å². The van der Waals surface area contributed by atoms with E-state index in [-0.39, 0.29) is 43.8 Å². The van der Waals surface area contributed by atoms with Crippen molar-refractivity contribution in [2.45, 2.75) is 33.0 Å². The molecule has 9 nitrogen and oxygen atoms in total. The summed E-state index contributed by atoms with van der Waals surface area (Å²) in [6.45, 7) is 7.64. The first kappa shape index (κ1) is 19.5. The fraction of sp³-hybridized carbons (Fsp3) is 0.500. The molecule has 0 aliphatic carbocycles. The minimum Gasteiger partial charge on any atom is -0.461 e. The summed E-state index contributed by atoms with van der Waals surface area (Å²) in [5.41, 5.74) is 1.24. The van der Waals surface area contributed by atoms with Crippen molar-refractivity contribution in [1.82, 2.24) is 9.88 Å². The standard InChI is InChI=1S/C20H25N3O6/c1-4-26-20(25)19-18(13-5-15-16(28-10-27-15)6-14(13)21-19)22-17(24)9-23-7-11(2)29-12(3)8-23/h5-6,11-12,21H,4,7-10H2,1-3H3,(H,22,24)/t11-,12-/m1/s1. The molecule has 0 saturated carbocycles. The number of carbonyl (C=O) groups excluding carboxylic acids is 2. The summed E-state index contributed by atoms with van der Waals surface area (Å²) >= 11 is 0. The van der Waals surface area contributed by atoms with Crippen LogP contribution in [0.3, 0.4) is 0 Å². The quantitative estimate of drug-likeness (QED) is 0.737. The SMILES string of the molecule is CCOC(=O)c1[nH]c2cc3c(cc2c1NC(=O)CN1C[C@@H](C)O[C@H](C)C1)OCO3. The summed E-state index contributed by atoms with van der Waals surface area (Å²) in [7, 11) is 0. The summed E-state index contributed by atoms with van der Waals surface area (Å²) in [5, 5.41) is 3.55. The Bertz CT molecular complexity index is 930. The van der Waals surface area contributed by atoms with Gasteiger partial charge in [-0.2, -0.15) is 0 Å². The smallest absolute Gasteiger partial charge is 0.356 e. The van der Waals surface area contributed by atoms with E-state index >= 15 is 0 Å². The highest BCUT2D eigenvalue weighted by atomic mass is 16.7. The highest BCUT2D eigenvalue weighted by Gasteiger charge is 2.27. The van der Waals surface area contributed by atoms with Gasteiger partial charge in [-0.1, -0.05) is 0 Å².